The highest BCUT2D eigenvalue weighted by Crippen LogP contribution is 2.36. The lowest BCUT2D eigenvalue weighted by Crippen LogP contribution is -1.96. The third-order valence-corrected chi connectivity index (χ3v) is 2.85. The molecule has 6 heteroatoms. The molecule has 2 aromatic rings. The van der Waals surface area contributed by atoms with Gasteiger partial charge in [0.15, 0.2) is 11.5 Å². The SMILES string of the molecule is COc1cc(C)ccc1Oc1ccc(C=O)cc1[N+](=O)[O-]. The molecule has 0 unspecified atom stereocenters. The number of nitro groups is 1. The molecule has 2 aromatic carbocycles. The van der Waals surface area contributed by atoms with Crippen LogP contribution in [0.1, 0.15) is 15.9 Å². The molecule has 2 rings (SSSR count). The molecule has 0 amide bonds. The maximum atomic E-state index is 11.1. The molecule has 0 saturated heterocycles. The Labute approximate surface area is 121 Å². The summed E-state index contributed by atoms with van der Waals surface area (Å²) in [5, 5.41) is 11.1. The zero-order valence-corrected chi connectivity index (χ0v) is 11.5. The first-order chi connectivity index (χ1) is 10.0. The van der Waals surface area contributed by atoms with E-state index in [1.165, 1.54) is 25.3 Å². The largest absolute Gasteiger partial charge is 0.493 e. The first-order valence-corrected chi connectivity index (χ1v) is 6.11. The molecular weight excluding hydrogens is 274 g/mol. The highest BCUT2D eigenvalue weighted by molar-refractivity contribution is 5.77. The minimum atomic E-state index is -0.594. The Bertz CT molecular complexity index is 696. The average molecular weight is 287 g/mol. The van der Waals surface area contributed by atoms with E-state index >= 15 is 0 Å². The second-order valence-corrected chi connectivity index (χ2v) is 4.36. The monoisotopic (exact) mass is 287 g/mol. The maximum absolute atomic E-state index is 11.1. The van der Waals surface area contributed by atoms with Gasteiger partial charge >= 0.3 is 5.69 Å². The molecule has 6 nitrogen and oxygen atoms in total. The van der Waals surface area contributed by atoms with Gasteiger partial charge in [0, 0.05) is 11.6 Å². The topological polar surface area (TPSA) is 78.7 Å². The number of benzene rings is 2. The van der Waals surface area contributed by atoms with Gasteiger partial charge in [-0.05, 0) is 36.8 Å². The fraction of sp³-hybridized carbons (Fsp3) is 0.133. The van der Waals surface area contributed by atoms with Crippen LogP contribution in [0.3, 0.4) is 0 Å². The number of rotatable bonds is 5. The fourth-order valence-corrected chi connectivity index (χ4v) is 1.81. The second kappa shape index (κ2) is 6.04. The van der Waals surface area contributed by atoms with Crippen molar-refractivity contribution in [3.63, 3.8) is 0 Å². The summed E-state index contributed by atoms with van der Waals surface area (Å²) in [6.45, 7) is 1.90. The van der Waals surface area contributed by atoms with Gasteiger partial charge in [-0.25, -0.2) is 0 Å². The number of ether oxygens (including phenoxy) is 2. The van der Waals surface area contributed by atoms with Crippen molar-refractivity contribution in [1.82, 2.24) is 0 Å². The molecule has 0 bridgehead atoms. The van der Waals surface area contributed by atoms with E-state index in [-0.39, 0.29) is 17.0 Å². The van der Waals surface area contributed by atoms with Gasteiger partial charge in [0.2, 0.25) is 5.75 Å². The van der Waals surface area contributed by atoms with Crippen LogP contribution in [0.15, 0.2) is 36.4 Å². The lowest BCUT2D eigenvalue weighted by molar-refractivity contribution is -0.385. The van der Waals surface area contributed by atoms with Gasteiger partial charge in [-0.2, -0.15) is 0 Å². The summed E-state index contributed by atoms with van der Waals surface area (Å²) in [6, 6.07) is 9.26. The van der Waals surface area contributed by atoms with Crippen molar-refractivity contribution in [3.05, 3.63) is 57.6 Å². The molecule has 0 heterocycles. The number of carbonyl (C=O) groups excluding carboxylic acids is 1. The second-order valence-electron chi connectivity index (χ2n) is 4.36. The van der Waals surface area contributed by atoms with Gasteiger partial charge in [0.25, 0.3) is 0 Å². The van der Waals surface area contributed by atoms with Crippen LogP contribution in [-0.4, -0.2) is 18.3 Å². The van der Waals surface area contributed by atoms with Crippen LogP contribution < -0.4 is 9.47 Å². The summed E-state index contributed by atoms with van der Waals surface area (Å²) >= 11 is 0. The van der Waals surface area contributed by atoms with Gasteiger partial charge in [0.1, 0.15) is 6.29 Å². The lowest BCUT2D eigenvalue weighted by Gasteiger charge is -2.11. The highest BCUT2D eigenvalue weighted by atomic mass is 16.6. The van der Waals surface area contributed by atoms with Crippen LogP contribution in [0.2, 0.25) is 0 Å². The summed E-state index contributed by atoms with van der Waals surface area (Å²) in [5.41, 5.74) is 0.914. The van der Waals surface area contributed by atoms with E-state index in [1.54, 1.807) is 12.1 Å². The predicted octanol–water partition coefficient (Wildman–Crippen LogP) is 3.52. The van der Waals surface area contributed by atoms with Gasteiger partial charge in [-0.15, -0.1) is 0 Å². The van der Waals surface area contributed by atoms with Crippen molar-refractivity contribution >= 4 is 12.0 Å². The summed E-state index contributed by atoms with van der Waals surface area (Å²) in [4.78, 5) is 21.2. The zero-order valence-electron chi connectivity index (χ0n) is 11.5. The normalized spacial score (nSPS) is 10.0. The van der Waals surface area contributed by atoms with Gasteiger partial charge in [-0.3, -0.25) is 14.9 Å². The molecule has 0 aliphatic heterocycles. The minimum Gasteiger partial charge on any atom is -0.493 e. The minimum absolute atomic E-state index is 0.0488. The Kier molecular flexibility index (Phi) is 4.18. The van der Waals surface area contributed by atoms with Crippen molar-refractivity contribution in [1.29, 1.82) is 0 Å². The van der Waals surface area contributed by atoms with E-state index in [1.807, 2.05) is 13.0 Å². The molecular formula is C15H13NO5. The summed E-state index contributed by atoms with van der Waals surface area (Å²) in [7, 11) is 1.49. The van der Waals surface area contributed by atoms with Crippen LogP contribution >= 0.6 is 0 Å². The molecule has 0 N–H and O–H groups in total. The van der Waals surface area contributed by atoms with Crippen LogP contribution in [0, 0.1) is 17.0 Å². The summed E-state index contributed by atoms with van der Waals surface area (Å²) in [5.74, 6) is 0.890. The Morgan fingerprint density at radius 1 is 1.10 bits per heavy atom. The molecule has 108 valence electrons. The summed E-state index contributed by atoms with van der Waals surface area (Å²) in [6.07, 6.45) is 0.545. The van der Waals surface area contributed by atoms with E-state index < -0.39 is 4.92 Å². The third kappa shape index (κ3) is 3.17. The van der Waals surface area contributed by atoms with E-state index in [4.69, 9.17) is 9.47 Å². The van der Waals surface area contributed by atoms with Crippen LogP contribution in [0.5, 0.6) is 17.2 Å². The maximum Gasteiger partial charge on any atom is 0.312 e. The molecule has 0 fully saturated rings. The summed E-state index contributed by atoms with van der Waals surface area (Å²) < 4.78 is 10.8. The van der Waals surface area contributed by atoms with Crippen molar-refractivity contribution in [3.8, 4) is 17.2 Å². The number of carbonyl (C=O) groups is 1. The molecule has 0 aliphatic rings. The van der Waals surface area contributed by atoms with Crippen LogP contribution in [0.4, 0.5) is 5.69 Å². The Morgan fingerprint density at radius 2 is 1.81 bits per heavy atom. The molecule has 0 aliphatic carbocycles. The van der Waals surface area contributed by atoms with Crippen molar-refractivity contribution in [2.45, 2.75) is 6.92 Å². The van der Waals surface area contributed by atoms with E-state index in [9.17, 15) is 14.9 Å². The van der Waals surface area contributed by atoms with Crippen molar-refractivity contribution in [2.75, 3.05) is 7.11 Å². The first kappa shape index (κ1) is 14.5. The standard InChI is InChI=1S/C15H13NO5/c1-10-3-5-14(15(7-10)20-2)21-13-6-4-11(9-17)8-12(13)16(18)19/h3-9H,1-2H3. The first-order valence-electron chi connectivity index (χ1n) is 6.11. The third-order valence-electron chi connectivity index (χ3n) is 2.85. The van der Waals surface area contributed by atoms with Crippen molar-refractivity contribution < 1.29 is 19.2 Å². The number of nitro benzene ring substituents is 1. The molecule has 0 aromatic heterocycles. The molecule has 0 radical (unpaired) electrons. The fourth-order valence-electron chi connectivity index (χ4n) is 1.81. The predicted molar refractivity (Wildman–Crippen MR) is 76.3 cm³/mol. The quantitative estimate of drug-likeness (QED) is 0.477. The van der Waals surface area contributed by atoms with E-state index in [0.717, 1.165) is 5.56 Å². The van der Waals surface area contributed by atoms with Gasteiger partial charge < -0.3 is 9.47 Å². The number of aryl methyl sites for hydroxylation is 1. The smallest absolute Gasteiger partial charge is 0.312 e. The van der Waals surface area contributed by atoms with E-state index in [2.05, 4.69) is 0 Å². The number of hydrogen-bond donors (Lipinski definition) is 0. The van der Waals surface area contributed by atoms with Gasteiger partial charge in [-0.1, -0.05) is 6.07 Å². The van der Waals surface area contributed by atoms with Crippen LogP contribution in [0.25, 0.3) is 0 Å². The Hall–Kier alpha value is -2.89. The van der Waals surface area contributed by atoms with Gasteiger partial charge in [0.05, 0.1) is 12.0 Å². The number of aldehydes is 1. The highest BCUT2D eigenvalue weighted by Gasteiger charge is 2.18. The molecule has 0 spiro atoms. The Morgan fingerprint density at radius 3 is 2.43 bits per heavy atom. The average Bonchev–Trinajstić information content (AvgIpc) is 2.49. The van der Waals surface area contributed by atoms with Crippen molar-refractivity contribution in [2.24, 2.45) is 0 Å². The van der Waals surface area contributed by atoms with E-state index in [0.29, 0.717) is 17.8 Å². The Balaban J connectivity index is 2.44. The molecule has 21 heavy (non-hydrogen) atoms. The number of methoxy groups -OCH3 is 1. The number of nitrogens with zero attached hydrogens (tertiary/aromatic N) is 1. The molecule has 0 atom stereocenters. The lowest BCUT2D eigenvalue weighted by atomic mass is 10.2. The zero-order chi connectivity index (χ0) is 15.4. The molecule has 0 saturated carbocycles. The number of hydrogen-bond acceptors (Lipinski definition) is 5. The van der Waals surface area contributed by atoms with Crippen LogP contribution in [-0.2, 0) is 0 Å².